The van der Waals surface area contributed by atoms with Crippen LogP contribution in [0.3, 0.4) is 0 Å². The minimum Gasteiger partial charge on any atom is -0.360 e. The third-order valence-electron chi connectivity index (χ3n) is 2.72. The van der Waals surface area contributed by atoms with Crippen molar-refractivity contribution in [3.05, 3.63) is 46.7 Å². The highest BCUT2D eigenvalue weighted by atomic mass is 19.4. The predicted octanol–water partition coefficient (Wildman–Crippen LogP) is 4.27. The summed E-state index contributed by atoms with van der Waals surface area (Å²) in [5.41, 5.74) is -3.95. The second-order valence-corrected chi connectivity index (χ2v) is 4.57. The van der Waals surface area contributed by atoms with Crippen LogP contribution in [-0.4, -0.2) is 11.1 Å². The summed E-state index contributed by atoms with van der Waals surface area (Å²) in [6.45, 7) is 1.49. The maximum absolute atomic E-state index is 12.7. The molecule has 0 saturated carbocycles. The first kappa shape index (κ1) is 16.8. The van der Waals surface area contributed by atoms with E-state index < -0.39 is 35.0 Å². The Balaban J connectivity index is 2.42. The quantitative estimate of drug-likeness (QED) is 0.832. The smallest absolute Gasteiger partial charge is 0.360 e. The Morgan fingerprint density at radius 1 is 1.00 bits per heavy atom. The molecule has 0 atom stereocenters. The molecule has 0 fully saturated rings. The van der Waals surface area contributed by atoms with Crippen molar-refractivity contribution in [1.82, 2.24) is 5.16 Å². The number of carbonyl (C=O) groups excluding carboxylic acids is 1. The number of nitrogens with one attached hydrogen (secondary N) is 1. The van der Waals surface area contributed by atoms with Gasteiger partial charge in [-0.3, -0.25) is 4.79 Å². The fourth-order valence-electron chi connectivity index (χ4n) is 1.70. The predicted molar refractivity (Wildman–Crippen MR) is 65.6 cm³/mol. The van der Waals surface area contributed by atoms with Gasteiger partial charge in [-0.15, -0.1) is 0 Å². The maximum atomic E-state index is 12.7. The molecule has 0 unspecified atom stereocenters. The van der Waals surface area contributed by atoms with E-state index in [9.17, 15) is 31.1 Å². The average Bonchev–Trinajstić information content (AvgIpc) is 2.81. The monoisotopic (exact) mass is 338 g/mol. The molecule has 0 saturated heterocycles. The first-order valence-corrected chi connectivity index (χ1v) is 6.01. The summed E-state index contributed by atoms with van der Waals surface area (Å²) in [4.78, 5) is 11.9. The number of amides is 1. The molecule has 1 N–H and O–H groups in total. The van der Waals surface area contributed by atoms with Gasteiger partial charge in [0.1, 0.15) is 5.76 Å². The number of halogens is 6. The minimum atomic E-state index is -5.03. The molecule has 0 radical (unpaired) electrons. The molecule has 0 aliphatic heterocycles. The Labute approximate surface area is 125 Å². The first-order chi connectivity index (χ1) is 10.5. The topological polar surface area (TPSA) is 55.1 Å². The Bertz CT molecular complexity index is 701. The zero-order valence-corrected chi connectivity index (χ0v) is 11.3. The van der Waals surface area contributed by atoms with Gasteiger partial charge in [0.25, 0.3) is 5.91 Å². The largest absolute Gasteiger partial charge is 0.416 e. The lowest BCUT2D eigenvalue weighted by molar-refractivity contribution is -0.143. The molecule has 4 nitrogen and oxygen atoms in total. The van der Waals surface area contributed by atoms with Gasteiger partial charge in [0, 0.05) is 11.6 Å². The molecule has 10 heteroatoms. The van der Waals surface area contributed by atoms with Gasteiger partial charge < -0.3 is 9.84 Å². The van der Waals surface area contributed by atoms with Crippen molar-refractivity contribution in [1.29, 1.82) is 0 Å². The van der Waals surface area contributed by atoms with Crippen LogP contribution < -0.4 is 5.32 Å². The van der Waals surface area contributed by atoms with E-state index in [-0.39, 0.29) is 11.9 Å². The van der Waals surface area contributed by atoms with Crippen LogP contribution in [0, 0.1) is 6.92 Å². The van der Waals surface area contributed by atoms with Crippen molar-refractivity contribution in [2.75, 3.05) is 5.32 Å². The summed E-state index contributed by atoms with van der Waals surface area (Å²) in [7, 11) is 0. The molecular weight excluding hydrogens is 330 g/mol. The molecule has 0 aliphatic rings. The van der Waals surface area contributed by atoms with Gasteiger partial charge in [0.2, 0.25) is 0 Å². The highest BCUT2D eigenvalue weighted by Gasteiger charge is 2.37. The number of alkyl halides is 6. The third kappa shape index (κ3) is 4.02. The van der Waals surface area contributed by atoms with E-state index in [1.165, 1.54) is 13.0 Å². The second kappa shape index (κ2) is 5.60. The van der Waals surface area contributed by atoms with Crippen molar-refractivity contribution >= 4 is 11.7 Å². The number of aryl methyl sites for hydroxylation is 1. The summed E-state index contributed by atoms with van der Waals surface area (Å²) >= 11 is 0. The van der Waals surface area contributed by atoms with Gasteiger partial charge in [-0.25, -0.2) is 0 Å². The molecule has 124 valence electrons. The molecule has 1 amide bonds. The van der Waals surface area contributed by atoms with E-state index >= 15 is 0 Å². The minimum absolute atomic E-state index is 0.0585. The van der Waals surface area contributed by atoms with Crippen LogP contribution in [0.25, 0.3) is 0 Å². The number of rotatable bonds is 2. The molecule has 1 aromatic carbocycles. The standard InChI is InChI=1S/C13H8F6N2O2/c1-6-2-10(21-23-6)20-11(22)7-3-8(12(14,15)16)5-9(4-7)13(17,18)19/h2-5H,1H3,(H,20,21,22). The normalized spacial score (nSPS) is 12.3. The number of carbonyl (C=O) groups is 1. The fraction of sp³-hybridized carbons (Fsp3) is 0.231. The van der Waals surface area contributed by atoms with Gasteiger partial charge >= 0.3 is 12.4 Å². The zero-order chi connectivity index (χ0) is 17.4. The van der Waals surface area contributed by atoms with Gasteiger partial charge in [0.05, 0.1) is 11.1 Å². The van der Waals surface area contributed by atoms with E-state index in [1.54, 1.807) is 0 Å². The van der Waals surface area contributed by atoms with Crippen LogP contribution in [0.15, 0.2) is 28.8 Å². The number of hydrogen-bond donors (Lipinski definition) is 1. The average molecular weight is 338 g/mol. The van der Waals surface area contributed by atoms with Crippen molar-refractivity contribution in [3.63, 3.8) is 0 Å². The van der Waals surface area contributed by atoms with Gasteiger partial charge in [-0.2, -0.15) is 26.3 Å². The Kier molecular flexibility index (Phi) is 4.10. The first-order valence-electron chi connectivity index (χ1n) is 6.01. The summed E-state index contributed by atoms with van der Waals surface area (Å²) in [5, 5.41) is 5.43. The molecule has 2 rings (SSSR count). The Morgan fingerprint density at radius 2 is 1.52 bits per heavy atom. The van der Waals surface area contributed by atoms with Crippen LogP contribution in [0.1, 0.15) is 27.2 Å². The van der Waals surface area contributed by atoms with Crippen LogP contribution in [0.4, 0.5) is 32.2 Å². The third-order valence-corrected chi connectivity index (χ3v) is 2.72. The lowest BCUT2D eigenvalue weighted by atomic mass is 10.0. The van der Waals surface area contributed by atoms with Gasteiger partial charge in [-0.05, 0) is 25.1 Å². The number of aromatic nitrogens is 1. The summed E-state index contributed by atoms with van der Waals surface area (Å²) < 4.78 is 80.9. The lowest BCUT2D eigenvalue weighted by Gasteiger charge is -2.13. The maximum Gasteiger partial charge on any atom is 0.416 e. The summed E-state index contributed by atoms with van der Waals surface area (Å²) in [6.07, 6.45) is -10.1. The van der Waals surface area contributed by atoms with Crippen LogP contribution in [0.2, 0.25) is 0 Å². The number of benzene rings is 1. The fourth-order valence-corrected chi connectivity index (χ4v) is 1.70. The Morgan fingerprint density at radius 3 is 1.91 bits per heavy atom. The highest BCUT2D eigenvalue weighted by molar-refractivity contribution is 6.04. The van der Waals surface area contributed by atoms with E-state index in [0.29, 0.717) is 17.9 Å². The van der Waals surface area contributed by atoms with Crippen LogP contribution in [-0.2, 0) is 12.4 Å². The molecule has 1 heterocycles. The van der Waals surface area contributed by atoms with Gasteiger partial charge in [0.15, 0.2) is 5.82 Å². The molecular formula is C13H8F6N2O2. The van der Waals surface area contributed by atoms with Crippen molar-refractivity contribution in [3.8, 4) is 0 Å². The van der Waals surface area contributed by atoms with E-state index in [2.05, 4.69) is 15.0 Å². The number of hydrogen-bond acceptors (Lipinski definition) is 3. The highest BCUT2D eigenvalue weighted by Crippen LogP contribution is 2.36. The lowest BCUT2D eigenvalue weighted by Crippen LogP contribution is -2.17. The molecule has 23 heavy (non-hydrogen) atoms. The van der Waals surface area contributed by atoms with E-state index in [1.807, 2.05) is 0 Å². The van der Waals surface area contributed by atoms with E-state index in [0.717, 1.165) is 0 Å². The van der Waals surface area contributed by atoms with Crippen molar-refractivity contribution < 1.29 is 35.7 Å². The summed E-state index contributed by atoms with van der Waals surface area (Å²) in [5.74, 6) is -0.992. The summed E-state index contributed by atoms with van der Waals surface area (Å²) in [6, 6.07) is 1.86. The molecule has 1 aromatic heterocycles. The molecule has 2 aromatic rings. The molecule has 0 aliphatic carbocycles. The Hall–Kier alpha value is -2.52. The second-order valence-electron chi connectivity index (χ2n) is 4.57. The van der Waals surface area contributed by atoms with Crippen molar-refractivity contribution in [2.45, 2.75) is 19.3 Å². The van der Waals surface area contributed by atoms with E-state index in [4.69, 9.17) is 0 Å². The number of anilines is 1. The molecule has 0 spiro atoms. The SMILES string of the molecule is Cc1cc(NC(=O)c2cc(C(F)(F)F)cc(C(F)(F)F)c2)no1. The van der Waals surface area contributed by atoms with Crippen LogP contribution >= 0.6 is 0 Å². The van der Waals surface area contributed by atoms with Crippen LogP contribution in [0.5, 0.6) is 0 Å². The molecule has 0 bridgehead atoms. The number of nitrogens with zero attached hydrogens (tertiary/aromatic N) is 1. The van der Waals surface area contributed by atoms with Crippen molar-refractivity contribution in [2.24, 2.45) is 0 Å². The van der Waals surface area contributed by atoms with Gasteiger partial charge in [-0.1, -0.05) is 5.16 Å². The zero-order valence-electron chi connectivity index (χ0n) is 11.3.